The highest BCUT2D eigenvalue weighted by Gasteiger charge is 2.31. The van der Waals surface area contributed by atoms with Crippen molar-refractivity contribution in [2.24, 2.45) is 11.8 Å². The Bertz CT molecular complexity index is 1160. The van der Waals surface area contributed by atoms with Crippen molar-refractivity contribution in [3.05, 3.63) is 77.1 Å². The second kappa shape index (κ2) is 14.2. The molecular weight excluding hydrogens is 500 g/mol. The summed E-state index contributed by atoms with van der Waals surface area (Å²) in [5, 5.41) is 1.55. The molecule has 0 spiro atoms. The molecule has 0 radical (unpaired) electrons. The first-order valence-corrected chi connectivity index (χ1v) is 14.9. The van der Waals surface area contributed by atoms with Gasteiger partial charge in [-0.25, -0.2) is 4.39 Å². The van der Waals surface area contributed by atoms with Crippen LogP contribution in [0.1, 0.15) is 94.2 Å². The van der Waals surface area contributed by atoms with Crippen LogP contribution in [0.5, 0.6) is 5.75 Å². The smallest absolute Gasteiger partial charge is 0.406 e. The molecule has 0 unspecified atom stereocenters. The lowest BCUT2D eigenvalue weighted by Gasteiger charge is -2.28. The zero-order valence-corrected chi connectivity index (χ0v) is 23.2. The van der Waals surface area contributed by atoms with E-state index in [9.17, 15) is 13.2 Å². The maximum Gasteiger partial charge on any atom is 0.573 e. The van der Waals surface area contributed by atoms with Crippen LogP contribution in [-0.4, -0.2) is 6.36 Å². The van der Waals surface area contributed by atoms with Gasteiger partial charge in [-0.2, -0.15) is 0 Å². The molecule has 5 heteroatoms. The summed E-state index contributed by atoms with van der Waals surface area (Å²) in [6, 6.07) is 15.7. The predicted molar refractivity (Wildman–Crippen MR) is 152 cm³/mol. The summed E-state index contributed by atoms with van der Waals surface area (Å²) < 4.78 is 56.2. The third-order valence-corrected chi connectivity index (χ3v) is 8.46. The van der Waals surface area contributed by atoms with Crippen LogP contribution >= 0.6 is 0 Å². The van der Waals surface area contributed by atoms with Crippen molar-refractivity contribution in [2.75, 3.05) is 0 Å². The Balaban J connectivity index is 1.24. The zero-order chi connectivity index (χ0) is 27.7. The van der Waals surface area contributed by atoms with E-state index in [2.05, 4.69) is 23.8 Å². The molecule has 0 heterocycles. The number of benzene rings is 3. The molecule has 4 rings (SSSR count). The number of unbranched alkanes of at least 4 members (excludes halogenated alkanes) is 4. The lowest BCUT2D eigenvalue weighted by molar-refractivity contribution is -0.274. The van der Waals surface area contributed by atoms with Crippen LogP contribution in [-0.2, 0) is 19.3 Å². The molecule has 0 aromatic heterocycles. The normalized spacial score (nSPS) is 18.0. The Hall–Kier alpha value is -2.56. The number of alkyl halides is 3. The molecule has 0 aliphatic heterocycles. The Morgan fingerprint density at radius 1 is 0.718 bits per heavy atom. The van der Waals surface area contributed by atoms with E-state index < -0.39 is 6.36 Å². The van der Waals surface area contributed by atoms with Crippen LogP contribution in [0.2, 0.25) is 0 Å². The molecule has 0 saturated heterocycles. The van der Waals surface area contributed by atoms with Crippen molar-refractivity contribution in [1.82, 2.24) is 0 Å². The molecule has 3 aromatic rings. The van der Waals surface area contributed by atoms with Crippen LogP contribution in [0.4, 0.5) is 17.6 Å². The van der Waals surface area contributed by atoms with Gasteiger partial charge in [0, 0.05) is 5.39 Å². The summed E-state index contributed by atoms with van der Waals surface area (Å²) in [6.45, 7) is 2.27. The van der Waals surface area contributed by atoms with E-state index in [0.29, 0.717) is 23.8 Å². The fourth-order valence-electron chi connectivity index (χ4n) is 6.09. The summed E-state index contributed by atoms with van der Waals surface area (Å²) in [5.74, 6) is 1.29. The molecule has 1 nitrogen and oxygen atoms in total. The second-order valence-corrected chi connectivity index (χ2v) is 11.4. The highest BCUT2D eigenvalue weighted by Crippen LogP contribution is 2.35. The van der Waals surface area contributed by atoms with Crippen molar-refractivity contribution >= 4 is 10.8 Å². The fraction of sp³-hybridized carbons (Fsp3) is 0.529. The largest absolute Gasteiger partial charge is 0.573 e. The maximum absolute atomic E-state index is 15.3. The average molecular weight is 543 g/mol. The number of aryl methyl sites for hydroxylation is 3. The van der Waals surface area contributed by atoms with Crippen molar-refractivity contribution in [3.63, 3.8) is 0 Å². The summed E-state index contributed by atoms with van der Waals surface area (Å²) in [5.41, 5.74) is 2.72. The highest BCUT2D eigenvalue weighted by molar-refractivity contribution is 5.84. The summed E-state index contributed by atoms with van der Waals surface area (Å²) in [7, 11) is 0. The number of hydrogen-bond donors (Lipinski definition) is 0. The molecule has 0 bridgehead atoms. The van der Waals surface area contributed by atoms with Gasteiger partial charge in [0.15, 0.2) is 0 Å². The van der Waals surface area contributed by atoms with Crippen molar-refractivity contribution in [3.8, 4) is 5.75 Å². The molecule has 3 aromatic carbocycles. The number of rotatable bonds is 13. The van der Waals surface area contributed by atoms with Gasteiger partial charge in [0.1, 0.15) is 11.6 Å². The number of halogens is 4. The van der Waals surface area contributed by atoms with Gasteiger partial charge in [-0.05, 0) is 71.7 Å². The molecule has 0 N–H and O–H groups in total. The molecule has 1 saturated carbocycles. The molecular formula is C34H42F4O. The number of ether oxygens (including phenoxy) is 1. The van der Waals surface area contributed by atoms with E-state index in [4.69, 9.17) is 0 Å². The van der Waals surface area contributed by atoms with Gasteiger partial charge in [-0.15, -0.1) is 13.2 Å². The van der Waals surface area contributed by atoms with E-state index in [1.807, 2.05) is 18.2 Å². The van der Waals surface area contributed by atoms with Gasteiger partial charge in [-0.1, -0.05) is 114 Å². The summed E-state index contributed by atoms with van der Waals surface area (Å²) in [6.07, 6.45) is 12.3. The Kier molecular flexibility index (Phi) is 10.7. The zero-order valence-electron chi connectivity index (χ0n) is 23.2. The van der Waals surface area contributed by atoms with E-state index in [0.717, 1.165) is 29.2 Å². The highest BCUT2D eigenvalue weighted by atomic mass is 19.4. The van der Waals surface area contributed by atoms with Crippen LogP contribution in [0.25, 0.3) is 10.8 Å². The SMILES string of the molecule is CCCCCCCC1CCC(CCc2ccc3c(F)c(CCc4ccc(OC(F)(F)F)cc4)ccc3c2)CC1. The molecule has 1 aliphatic carbocycles. The predicted octanol–water partition coefficient (Wildman–Crippen LogP) is 10.8. The van der Waals surface area contributed by atoms with Crippen LogP contribution in [0, 0.1) is 17.7 Å². The molecule has 1 fully saturated rings. The maximum atomic E-state index is 15.3. The van der Waals surface area contributed by atoms with Gasteiger partial charge in [0.25, 0.3) is 0 Å². The Morgan fingerprint density at radius 2 is 1.38 bits per heavy atom. The standard InChI is InChI=1S/C34H42F4O/c1-2-3-4-5-6-7-25-8-10-26(11-9-25)12-13-28-17-23-32-30(24-28)20-19-29(33(32)35)18-14-27-15-21-31(22-16-27)39-34(36,37)38/h15-17,19-26H,2-14,18H2,1H3. The Morgan fingerprint density at radius 3 is 2.08 bits per heavy atom. The third kappa shape index (κ3) is 9.25. The lowest BCUT2D eigenvalue weighted by atomic mass is 9.77. The van der Waals surface area contributed by atoms with Gasteiger partial charge < -0.3 is 4.74 Å². The van der Waals surface area contributed by atoms with E-state index in [1.54, 1.807) is 12.1 Å². The molecule has 0 atom stereocenters. The first-order chi connectivity index (χ1) is 18.8. The van der Waals surface area contributed by atoms with E-state index >= 15 is 4.39 Å². The molecule has 0 amide bonds. The van der Waals surface area contributed by atoms with Gasteiger partial charge >= 0.3 is 6.36 Å². The quantitative estimate of drug-likeness (QED) is 0.154. The number of fused-ring (bicyclic) bond motifs is 1. The van der Waals surface area contributed by atoms with E-state index in [1.165, 1.54) is 88.3 Å². The minimum Gasteiger partial charge on any atom is -0.406 e. The minimum absolute atomic E-state index is 0.205. The molecule has 39 heavy (non-hydrogen) atoms. The van der Waals surface area contributed by atoms with Gasteiger partial charge in [0.2, 0.25) is 0 Å². The summed E-state index contributed by atoms with van der Waals surface area (Å²) >= 11 is 0. The second-order valence-electron chi connectivity index (χ2n) is 11.4. The van der Waals surface area contributed by atoms with Crippen molar-refractivity contribution in [1.29, 1.82) is 0 Å². The summed E-state index contributed by atoms with van der Waals surface area (Å²) in [4.78, 5) is 0. The fourth-order valence-corrected chi connectivity index (χ4v) is 6.09. The first-order valence-electron chi connectivity index (χ1n) is 14.9. The third-order valence-electron chi connectivity index (χ3n) is 8.46. The molecule has 1 aliphatic rings. The number of hydrogen-bond acceptors (Lipinski definition) is 1. The monoisotopic (exact) mass is 542 g/mol. The first kappa shape index (κ1) is 29.4. The van der Waals surface area contributed by atoms with Crippen molar-refractivity contribution in [2.45, 2.75) is 103 Å². The average Bonchev–Trinajstić information content (AvgIpc) is 2.92. The van der Waals surface area contributed by atoms with E-state index in [-0.39, 0.29) is 11.6 Å². The van der Waals surface area contributed by atoms with Crippen molar-refractivity contribution < 1.29 is 22.3 Å². The minimum atomic E-state index is -4.71. The topological polar surface area (TPSA) is 9.23 Å². The van der Waals surface area contributed by atoms with Gasteiger partial charge in [0.05, 0.1) is 0 Å². The lowest BCUT2D eigenvalue weighted by Crippen LogP contribution is -2.17. The molecule has 212 valence electrons. The Labute approximate surface area is 231 Å². The van der Waals surface area contributed by atoms with Crippen LogP contribution in [0.15, 0.2) is 54.6 Å². The van der Waals surface area contributed by atoms with Crippen LogP contribution < -0.4 is 4.74 Å². The van der Waals surface area contributed by atoms with Gasteiger partial charge in [-0.3, -0.25) is 0 Å². The van der Waals surface area contributed by atoms with Crippen LogP contribution in [0.3, 0.4) is 0 Å².